The normalized spacial score (nSPS) is 14.4. The molecule has 7 heteroatoms. The first-order valence-corrected chi connectivity index (χ1v) is 6.93. The Morgan fingerprint density at radius 3 is 2.62 bits per heavy atom. The van der Waals surface area contributed by atoms with Crippen LogP contribution in [0.4, 0.5) is 4.79 Å². The first-order chi connectivity index (χ1) is 9.60. The van der Waals surface area contributed by atoms with Gasteiger partial charge in [0.1, 0.15) is 23.0 Å². The van der Waals surface area contributed by atoms with E-state index in [1.165, 1.54) is 6.20 Å². The van der Waals surface area contributed by atoms with E-state index in [9.17, 15) is 15.0 Å². The van der Waals surface area contributed by atoms with Crippen LogP contribution in [0, 0.1) is 6.92 Å². The van der Waals surface area contributed by atoms with Crippen LogP contribution >= 0.6 is 11.6 Å². The predicted octanol–water partition coefficient (Wildman–Crippen LogP) is 1.96. The summed E-state index contributed by atoms with van der Waals surface area (Å²) in [4.78, 5) is 15.4. The molecule has 118 valence electrons. The van der Waals surface area contributed by atoms with Crippen LogP contribution < -0.4 is 5.32 Å². The first-order valence-electron chi connectivity index (χ1n) is 6.55. The number of hydrogen-bond donors (Lipinski definition) is 3. The number of amides is 1. The smallest absolute Gasteiger partial charge is 0.407 e. The zero-order chi connectivity index (χ0) is 16.2. The molecular formula is C14H21ClN2O4. The zero-order valence-electron chi connectivity index (χ0n) is 12.6. The van der Waals surface area contributed by atoms with E-state index in [1.54, 1.807) is 33.8 Å². The van der Waals surface area contributed by atoms with Crippen molar-refractivity contribution in [1.29, 1.82) is 0 Å². The molecule has 0 saturated heterocycles. The number of ether oxygens (including phenoxy) is 1. The summed E-state index contributed by atoms with van der Waals surface area (Å²) in [5.41, 5.74) is 0.501. The van der Waals surface area contributed by atoms with Gasteiger partial charge in [-0.15, -0.1) is 0 Å². The number of rotatable bonds is 4. The maximum Gasteiger partial charge on any atom is 0.407 e. The van der Waals surface area contributed by atoms with E-state index >= 15 is 0 Å². The number of nitrogens with zero attached hydrogens (tertiary/aromatic N) is 1. The van der Waals surface area contributed by atoms with Crippen molar-refractivity contribution >= 4 is 17.7 Å². The summed E-state index contributed by atoms with van der Waals surface area (Å²) < 4.78 is 5.04. The largest absolute Gasteiger partial charge is 0.444 e. The molecule has 0 aliphatic rings. The number of carbonyl (C=O) groups excluding carboxylic acids is 1. The van der Waals surface area contributed by atoms with Gasteiger partial charge >= 0.3 is 6.09 Å². The molecule has 2 atom stereocenters. The molecule has 0 saturated carbocycles. The summed E-state index contributed by atoms with van der Waals surface area (Å²) in [7, 11) is 0. The van der Waals surface area contributed by atoms with Crippen LogP contribution in [0.5, 0.6) is 0 Å². The maximum atomic E-state index is 11.5. The molecule has 21 heavy (non-hydrogen) atoms. The first kappa shape index (κ1) is 17.7. The number of hydrogen-bond acceptors (Lipinski definition) is 5. The Morgan fingerprint density at radius 1 is 1.48 bits per heavy atom. The van der Waals surface area contributed by atoms with Gasteiger partial charge in [0.15, 0.2) is 0 Å². The van der Waals surface area contributed by atoms with Gasteiger partial charge in [-0.3, -0.25) is 0 Å². The van der Waals surface area contributed by atoms with Crippen LogP contribution in [0.3, 0.4) is 0 Å². The fourth-order valence-corrected chi connectivity index (χ4v) is 1.68. The quantitative estimate of drug-likeness (QED) is 0.739. The number of aromatic nitrogens is 1. The number of halogens is 1. The van der Waals surface area contributed by atoms with E-state index in [0.29, 0.717) is 16.3 Å². The van der Waals surface area contributed by atoms with Gasteiger partial charge in [-0.2, -0.15) is 0 Å². The second-order valence-corrected chi connectivity index (χ2v) is 6.13. The number of pyridine rings is 1. The molecule has 1 aromatic rings. The third kappa shape index (κ3) is 5.87. The highest BCUT2D eigenvalue weighted by molar-refractivity contribution is 6.30. The number of nitrogens with one attached hydrogen (secondary N) is 1. The second kappa shape index (κ2) is 7.06. The van der Waals surface area contributed by atoms with Gasteiger partial charge in [0.25, 0.3) is 0 Å². The lowest BCUT2D eigenvalue weighted by Crippen LogP contribution is -2.38. The van der Waals surface area contributed by atoms with Crippen molar-refractivity contribution in [2.75, 3.05) is 6.54 Å². The van der Waals surface area contributed by atoms with E-state index < -0.39 is 23.9 Å². The molecule has 0 aliphatic heterocycles. The van der Waals surface area contributed by atoms with Crippen LogP contribution in [0.25, 0.3) is 0 Å². The van der Waals surface area contributed by atoms with Gasteiger partial charge < -0.3 is 20.3 Å². The third-order valence-corrected chi connectivity index (χ3v) is 2.99. The number of carbonyl (C=O) groups is 1. The molecule has 0 bridgehead atoms. The number of alkyl carbamates (subject to hydrolysis) is 1. The van der Waals surface area contributed by atoms with Crippen LogP contribution in [-0.4, -0.2) is 39.5 Å². The van der Waals surface area contributed by atoms with Gasteiger partial charge in [-0.05, 0) is 39.3 Å². The van der Waals surface area contributed by atoms with Crippen LogP contribution in [-0.2, 0) is 4.74 Å². The SMILES string of the molecule is Cc1cc(C(O)C(O)CNC(=O)OC(C)(C)C)cnc1Cl. The lowest BCUT2D eigenvalue weighted by molar-refractivity contribution is 0.0127. The second-order valence-electron chi connectivity index (χ2n) is 5.77. The van der Waals surface area contributed by atoms with Gasteiger partial charge in [-0.25, -0.2) is 9.78 Å². The summed E-state index contributed by atoms with van der Waals surface area (Å²) in [6.07, 6.45) is -1.63. The number of aryl methyl sites for hydroxylation is 1. The highest BCUT2D eigenvalue weighted by Gasteiger charge is 2.22. The van der Waals surface area contributed by atoms with E-state index in [4.69, 9.17) is 16.3 Å². The van der Waals surface area contributed by atoms with Gasteiger partial charge in [0.2, 0.25) is 0 Å². The molecule has 3 N–H and O–H groups in total. The maximum absolute atomic E-state index is 11.5. The molecule has 1 rings (SSSR count). The molecule has 0 radical (unpaired) electrons. The lowest BCUT2D eigenvalue weighted by Gasteiger charge is -2.22. The summed E-state index contributed by atoms with van der Waals surface area (Å²) in [6.45, 7) is 6.81. The minimum atomic E-state index is -1.18. The molecule has 1 amide bonds. The van der Waals surface area contributed by atoms with Crippen LogP contribution in [0.1, 0.15) is 38.0 Å². The van der Waals surface area contributed by atoms with Crippen molar-refractivity contribution in [3.8, 4) is 0 Å². The van der Waals surface area contributed by atoms with Gasteiger partial charge in [-0.1, -0.05) is 11.6 Å². The average molecular weight is 317 g/mol. The highest BCUT2D eigenvalue weighted by atomic mass is 35.5. The Balaban J connectivity index is 2.56. The van der Waals surface area contributed by atoms with Gasteiger partial charge in [0, 0.05) is 18.3 Å². The van der Waals surface area contributed by atoms with E-state index in [1.807, 2.05) is 0 Å². The van der Waals surface area contributed by atoms with E-state index in [0.717, 1.165) is 0 Å². The van der Waals surface area contributed by atoms with Crippen molar-refractivity contribution in [1.82, 2.24) is 10.3 Å². The van der Waals surface area contributed by atoms with Crippen molar-refractivity contribution < 1.29 is 19.7 Å². The Kier molecular flexibility index (Phi) is 5.95. The molecule has 1 heterocycles. The van der Waals surface area contributed by atoms with Crippen molar-refractivity contribution in [2.45, 2.75) is 45.5 Å². The summed E-state index contributed by atoms with van der Waals surface area (Å²) in [6, 6.07) is 1.64. The summed E-state index contributed by atoms with van der Waals surface area (Å²) in [5, 5.41) is 22.7. The zero-order valence-corrected chi connectivity index (χ0v) is 13.3. The third-order valence-electron chi connectivity index (χ3n) is 2.60. The minimum absolute atomic E-state index is 0.141. The monoisotopic (exact) mass is 316 g/mol. The lowest BCUT2D eigenvalue weighted by atomic mass is 10.1. The molecule has 0 fully saturated rings. The molecular weight excluding hydrogens is 296 g/mol. The molecule has 6 nitrogen and oxygen atoms in total. The van der Waals surface area contributed by atoms with Gasteiger partial charge in [0.05, 0.1) is 0 Å². The van der Waals surface area contributed by atoms with Crippen LogP contribution in [0.15, 0.2) is 12.3 Å². The molecule has 0 spiro atoms. The van der Waals surface area contributed by atoms with Crippen LogP contribution in [0.2, 0.25) is 5.15 Å². The van der Waals surface area contributed by atoms with E-state index in [2.05, 4.69) is 10.3 Å². The molecule has 1 aromatic heterocycles. The fourth-order valence-electron chi connectivity index (χ4n) is 1.58. The minimum Gasteiger partial charge on any atom is -0.444 e. The predicted molar refractivity (Wildman–Crippen MR) is 79.2 cm³/mol. The Hall–Kier alpha value is -1.37. The fraction of sp³-hybridized carbons (Fsp3) is 0.571. The number of aliphatic hydroxyl groups is 2. The molecule has 2 unspecified atom stereocenters. The average Bonchev–Trinajstić information content (AvgIpc) is 2.36. The Bertz CT molecular complexity index is 502. The standard InChI is InChI=1S/C14H21ClN2O4/c1-8-5-9(6-16-12(8)15)11(19)10(18)7-17-13(20)21-14(2,3)4/h5-6,10-11,18-19H,7H2,1-4H3,(H,17,20). The van der Waals surface area contributed by atoms with Crippen molar-refractivity contribution in [2.24, 2.45) is 0 Å². The van der Waals surface area contributed by atoms with Crippen molar-refractivity contribution in [3.63, 3.8) is 0 Å². The number of aliphatic hydroxyl groups excluding tert-OH is 2. The summed E-state index contributed by atoms with van der Waals surface area (Å²) >= 11 is 5.80. The highest BCUT2D eigenvalue weighted by Crippen LogP contribution is 2.20. The molecule has 0 aromatic carbocycles. The van der Waals surface area contributed by atoms with E-state index in [-0.39, 0.29) is 6.54 Å². The molecule has 0 aliphatic carbocycles. The Labute approximate surface area is 129 Å². The Morgan fingerprint density at radius 2 is 2.10 bits per heavy atom. The summed E-state index contributed by atoms with van der Waals surface area (Å²) in [5.74, 6) is 0. The van der Waals surface area contributed by atoms with Crippen molar-refractivity contribution in [3.05, 3.63) is 28.5 Å². The topological polar surface area (TPSA) is 91.7 Å².